The van der Waals surface area contributed by atoms with Crippen molar-refractivity contribution in [2.75, 3.05) is 12.9 Å². The number of pyridine rings is 1. The van der Waals surface area contributed by atoms with E-state index in [0.717, 1.165) is 11.8 Å². The Balaban J connectivity index is 1.74. The van der Waals surface area contributed by atoms with Crippen molar-refractivity contribution in [1.82, 2.24) is 10.3 Å². The van der Waals surface area contributed by atoms with Gasteiger partial charge in [0.25, 0.3) is 0 Å². The first-order chi connectivity index (χ1) is 8.81. The monoisotopic (exact) mass is 266 g/mol. The van der Waals surface area contributed by atoms with Crippen LogP contribution in [0.15, 0.2) is 18.3 Å². The van der Waals surface area contributed by atoms with Crippen molar-refractivity contribution in [3.8, 4) is 5.88 Å². The average Bonchev–Trinajstić information content (AvgIpc) is 2.85. The van der Waals surface area contributed by atoms with Crippen LogP contribution in [0, 0.1) is 0 Å². The number of nitrogens with one attached hydrogen (secondary N) is 1. The summed E-state index contributed by atoms with van der Waals surface area (Å²) in [7, 11) is 1.64. The SMILES string of the molecule is CCSC1CCC(NCc2ccc(OC)nc2)C1. The van der Waals surface area contributed by atoms with Crippen molar-refractivity contribution in [3.63, 3.8) is 0 Å². The lowest BCUT2D eigenvalue weighted by molar-refractivity contribution is 0.397. The molecule has 1 aromatic heterocycles. The highest BCUT2D eigenvalue weighted by Gasteiger charge is 2.23. The molecule has 4 heteroatoms. The summed E-state index contributed by atoms with van der Waals surface area (Å²) in [5.74, 6) is 1.92. The largest absolute Gasteiger partial charge is 0.481 e. The summed E-state index contributed by atoms with van der Waals surface area (Å²) in [6.45, 7) is 3.15. The molecule has 1 heterocycles. The van der Waals surface area contributed by atoms with Gasteiger partial charge in [0.2, 0.25) is 5.88 Å². The smallest absolute Gasteiger partial charge is 0.212 e. The van der Waals surface area contributed by atoms with Gasteiger partial charge < -0.3 is 10.1 Å². The van der Waals surface area contributed by atoms with Crippen LogP contribution in [0.4, 0.5) is 0 Å². The summed E-state index contributed by atoms with van der Waals surface area (Å²) in [4.78, 5) is 4.22. The van der Waals surface area contributed by atoms with Gasteiger partial charge in [-0.2, -0.15) is 11.8 Å². The quantitative estimate of drug-likeness (QED) is 0.858. The predicted molar refractivity (Wildman–Crippen MR) is 77.2 cm³/mol. The molecule has 3 nitrogen and oxygen atoms in total. The minimum atomic E-state index is 0.677. The summed E-state index contributed by atoms with van der Waals surface area (Å²) < 4.78 is 5.05. The Kier molecular flexibility index (Phi) is 5.32. The van der Waals surface area contributed by atoms with Crippen LogP contribution < -0.4 is 10.1 Å². The van der Waals surface area contributed by atoms with E-state index in [9.17, 15) is 0 Å². The molecule has 2 rings (SSSR count). The molecule has 2 unspecified atom stereocenters. The summed E-state index contributed by atoms with van der Waals surface area (Å²) in [6, 6.07) is 4.67. The summed E-state index contributed by atoms with van der Waals surface area (Å²) in [5, 5.41) is 4.49. The fourth-order valence-corrected chi connectivity index (χ4v) is 3.55. The molecule has 2 atom stereocenters. The normalized spacial score (nSPS) is 23.2. The number of methoxy groups -OCH3 is 1. The number of nitrogens with zero attached hydrogens (tertiary/aromatic N) is 1. The van der Waals surface area contributed by atoms with Crippen molar-refractivity contribution in [2.24, 2.45) is 0 Å². The first-order valence-corrected chi connectivity index (χ1v) is 7.70. The van der Waals surface area contributed by atoms with Crippen molar-refractivity contribution in [2.45, 2.75) is 44.0 Å². The number of thioether (sulfide) groups is 1. The standard InChI is InChI=1S/C14H22N2OS/c1-3-18-13-6-5-12(8-13)15-9-11-4-7-14(17-2)16-10-11/h4,7,10,12-13,15H,3,5-6,8-9H2,1-2H3. The molecule has 0 spiro atoms. The maximum Gasteiger partial charge on any atom is 0.212 e. The molecule has 1 aliphatic carbocycles. The Morgan fingerprint density at radius 1 is 1.44 bits per heavy atom. The number of rotatable bonds is 6. The summed E-state index contributed by atoms with van der Waals surface area (Å²) >= 11 is 2.10. The zero-order valence-electron chi connectivity index (χ0n) is 11.2. The fraction of sp³-hybridized carbons (Fsp3) is 0.643. The van der Waals surface area contributed by atoms with Crippen LogP contribution in [0.5, 0.6) is 5.88 Å². The van der Waals surface area contributed by atoms with E-state index >= 15 is 0 Å². The number of hydrogen-bond acceptors (Lipinski definition) is 4. The Bertz CT molecular complexity index is 355. The average molecular weight is 266 g/mol. The maximum atomic E-state index is 5.05. The fourth-order valence-electron chi connectivity index (χ4n) is 2.41. The van der Waals surface area contributed by atoms with Crippen molar-refractivity contribution < 1.29 is 4.74 Å². The Hall–Kier alpha value is -0.740. The number of aromatic nitrogens is 1. The van der Waals surface area contributed by atoms with Crippen LogP contribution in [0.2, 0.25) is 0 Å². The molecule has 0 bridgehead atoms. The lowest BCUT2D eigenvalue weighted by Gasteiger charge is -2.13. The van der Waals surface area contributed by atoms with E-state index in [4.69, 9.17) is 4.74 Å². The van der Waals surface area contributed by atoms with Gasteiger partial charge >= 0.3 is 0 Å². The van der Waals surface area contributed by atoms with Gasteiger partial charge in [0, 0.05) is 30.1 Å². The number of ether oxygens (including phenoxy) is 1. The third-order valence-corrected chi connectivity index (χ3v) is 4.62. The highest BCUT2D eigenvalue weighted by atomic mass is 32.2. The minimum absolute atomic E-state index is 0.677. The molecule has 0 aromatic carbocycles. The van der Waals surface area contributed by atoms with Gasteiger partial charge in [-0.1, -0.05) is 13.0 Å². The zero-order valence-corrected chi connectivity index (χ0v) is 12.0. The van der Waals surface area contributed by atoms with E-state index in [1.54, 1.807) is 7.11 Å². The Morgan fingerprint density at radius 2 is 2.33 bits per heavy atom. The molecule has 1 aliphatic rings. The van der Waals surface area contributed by atoms with E-state index in [-0.39, 0.29) is 0 Å². The lowest BCUT2D eigenvalue weighted by atomic mass is 10.2. The van der Waals surface area contributed by atoms with Crippen LogP contribution >= 0.6 is 11.8 Å². The molecular weight excluding hydrogens is 244 g/mol. The number of hydrogen-bond donors (Lipinski definition) is 1. The van der Waals surface area contributed by atoms with Crippen molar-refractivity contribution >= 4 is 11.8 Å². The van der Waals surface area contributed by atoms with E-state index in [1.807, 2.05) is 12.3 Å². The van der Waals surface area contributed by atoms with Crippen LogP contribution in [0.25, 0.3) is 0 Å². The maximum absolute atomic E-state index is 5.05. The summed E-state index contributed by atoms with van der Waals surface area (Å²) in [6.07, 6.45) is 5.86. The van der Waals surface area contributed by atoms with Gasteiger partial charge in [-0.3, -0.25) is 0 Å². The zero-order chi connectivity index (χ0) is 12.8. The van der Waals surface area contributed by atoms with Gasteiger partial charge in [-0.25, -0.2) is 4.98 Å². The van der Waals surface area contributed by atoms with Gasteiger partial charge in [0.15, 0.2) is 0 Å². The molecule has 1 fully saturated rings. The Labute approximate surface area is 114 Å². The van der Waals surface area contributed by atoms with E-state index in [2.05, 4.69) is 35.1 Å². The first-order valence-electron chi connectivity index (χ1n) is 6.65. The molecule has 1 N–H and O–H groups in total. The molecule has 1 aromatic rings. The van der Waals surface area contributed by atoms with E-state index in [1.165, 1.54) is 30.6 Å². The van der Waals surface area contributed by atoms with E-state index < -0.39 is 0 Å². The van der Waals surface area contributed by atoms with Gasteiger partial charge in [0.05, 0.1) is 7.11 Å². The molecular formula is C14H22N2OS. The van der Waals surface area contributed by atoms with Crippen molar-refractivity contribution in [1.29, 1.82) is 0 Å². The molecule has 1 saturated carbocycles. The van der Waals surface area contributed by atoms with Crippen molar-refractivity contribution in [3.05, 3.63) is 23.9 Å². The second-order valence-electron chi connectivity index (χ2n) is 4.68. The molecule has 0 aliphatic heterocycles. The molecule has 0 amide bonds. The highest BCUT2D eigenvalue weighted by molar-refractivity contribution is 7.99. The predicted octanol–water partition coefficient (Wildman–Crippen LogP) is 2.85. The van der Waals surface area contributed by atoms with Gasteiger partial charge in [-0.15, -0.1) is 0 Å². The second kappa shape index (κ2) is 7.00. The lowest BCUT2D eigenvalue weighted by Crippen LogP contribution is -2.26. The third kappa shape index (κ3) is 3.89. The summed E-state index contributed by atoms with van der Waals surface area (Å²) in [5.41, 5.74) is 1.22. The van der Waals surface area contributed by atoms with Crippen LogP contribution in [0.1, 0.15) is 31.7 Å². The highest BCUT2D eigenvalue weighted by Crippen LogP contribution is 2.29. The molecule has 0 radical (unpaired) electrons. The third-order valence-electron chi connectivity index (χ3n) is 3.39. The second-order valence-corrected chi connectivity index (χ2v) is 6.25. The molecule has 18 heavy (non-hydrogen) atoms. The first kappa shape index (κ1) is 13.7. The van der Waals surface area contributed by atoms with Gasteiger partial charge in [-0.05, 0) is 30.6 Å². The minimum Gasteiger partial charge on any atom is -0.481 e. The van der Waals surface area contributed by atoms with E-state index in [0.29, 0.717) is 11.9 Å². The van der Waals surface area contributed by atoms with Crippen LogP contribution in [0.3, 0.4) is 0 Å². The van der Waals surface area contributed by atoms with Crippen LogP contribution in [-0.4, -0.2) is 29.1 Å². The van der Waals surface area contributed by atoms with Crippen LogP contribution in [-0.2, 0) is 6.54 Å². The topological polar surface area (TPSA) is 34.1 Å². The van der Waals surface area contributed by atoms with Gasteiger partial charge in [0.1, 0.15) is 0 Å². The Morgan fingerprint density at radius 3 is 3.00 bits per heavy atom. The molecule has 100 valence electrons. The molecule has 0 saturated heterocycles.